The minimum Gasteiger partial charge on any atom is -0.481 e. The molecule has 1 aromatic heterocycles. The number of hydrogen-bond donors (Lipinski definition) is 0. The molecule has 0 unspecified atom stereocenters. The number of non-ortho nitro benzene ring substituents is 1. The van der Waals surface area contributed by atoms with Crippen molar-refractivity contribution in [2.75, 3.05) is 6.61 Å². The summed E-state index contributed by atoms with van der Waals surface area (Å²) in [7, 11) is 1.54. The normalized spacial score (nSPS) is 11.4. The Hall–Kier alpha value is -3.09. The number of nitro benzene ring substituents is 1. The van der Waals surface area contributed by atoms with Gasteiger partial charge in [0.15, 0.2) is 5.75 Å². The van der Waals surface area contributed by atoms with Crippen LogP contribution in [-0.2, 0) is 7.05 Å². The maximum atomic E-state index is 12.7. The average molecular weight is 344 g/mol. The molecule has 0 aliphatic carbocycles. The molecule has 0 amide bonds. The molecule has 25 heavy (non-hydrogen) atoms. The van der Waals surface area contributed by atoms with E-state index in [2.05, 4.69) is 6.58 Å². The largest absolute Gasteiger partial charge is 0.481 e. The molecule has 0 saturated heterocycles. The second kappa shape index (κ2) is 7.65. The van der Waals surface area contributed by atoms with E-state index in [1.807, 2.05) is 13.8 Å². The second-order valence-electron chi connectivity index (χ2n) is 5.29. The summed E-state index contributed by atoms with van der Waals surface area (Å²) < 4.78 is 12.8. The Labute approximate surface area is 144 Å². The first-order valence-electron chi connectivity index (χ1n) is 7.82. The van der Waals surface area contributed by atoms with Crippen LogP contribution in [0.5, 0.6) is 11.5 Å². The molecule has 7 nitrogen and oxygen atoms in total. The first kappa shape index (κ1) is 18.3. The minimum absolute atomic E-state index is 0.0524. The van der Waals surface area contributed by atoms with Gasteiger partial charge < -0.3 is 14.0 Å². The van der Waals surface area contributed by atoms with Crippen LogP contribution in [0.4, 0.5) is 5.69 Å². The number of aryl methyl sites for hydroxylation is 1. The van der Waals surface area contributed by atoms with Crippen LogP contribution in [0.1, 0.15) is 20.3 Å². The highest BCUT2D eigenvalue weighted by atomic mass is 16.6. The summed E-state index contributed by atoms with van der Waals surface area (Å²) in [4.78, 5) is 23.2. The predicted molar refractivity (Wildman–Crippen MR) is 96.2 cm³/mol. The highest BCUT2D eigenvalue weighted by Gasteiger charge is 2.21. The molecule has 1 aromatic carbocycles. The maximum Gasteiger partial charge on any atom is 0.297 e. The van der Waals surface area contributed by atoms with Crippen LogP contribution in [0.2, 0.25) is 0 Å². The summed E-state index contributed by atoms with van der Waals surface area (Å²) in [6.45, 7) is 7.48. The van der Waals surface area contributed by atoms with Gasteiger partial charge in [-0.05, 0) is 19.1 Å². The van der Waals surface area contributed by atoms with E-state index < -0.39 is 10.5 Å². The summed E-state index contributed by atoms with van der Waals surface area (Å²) in [5, 5.41) is 11.6. The van der Waals surface area contributed by atoms with Gasteiger partial charge in [0.25, 0.3) is 11.2 Å². The lowest BCUT2D eigenvalue weighted by Gasteiger charge is -2.17. The summed E-state index contributed by atoms with van der Waals surface area (Å²) in [5.41, 5.74) is -0.141. The molecule has 0 bridgehead atoms. The van der Waals surface area contributed by atoms with Crippen LogP contribution < -0.4 is 15.0 Å². The number of pyridine rings is 1. The lowest BCUT2D eigenvalue weighted by Crippen LogP contribution is -2.21. The lowest BCUT2D eigenvalue weighted by atomic mass is 10.1. The van der Waals surface area contributed by atoms with Gasteiger partial charge in [0.1, 0.15) is 6.61 Å². The predicted octanol–water partition coefficient (Wildman–Crippen LogP) is 3.70. The zero-order chi connectivity index (χ0) is 18.6. The van der Waals surface area contributed by atoms with Gasteiger partial charge in [-0.3, -0.25) is 14.9 Å². The van der Waals surface area contributed by atoms with Gasteiger partial charge in [-0.15, -0.1) is 0 Å². The molecular formula is C18H20N2O5. The fourth-order valence-electron chi connectivity index (χ4n) is 2.42. The van der Waals surface area contributed by atoms with Crippen molar-refractivity contribution in [2.45, 2.75) is 20.3 Å². The quantitative estimate of drug-likeness (QED) is 0.331. The number of nitrogens with zero attached hydrogens (tertiary/aromatic N) is 2. The Kier molecular flexibility index (Phi) is 5.59. The van der Waals surface area contributed by atoms with E-state index in [0.717, 1.165) is 0 Å². The summed E-state index contributed by atoms with van der Waals surface area (Å²) in [6, 6.07) is 4.28. The molecule has 0 saturated carbocycles. The van der Waals surface area contributed by atoms with Crippen molar-refractivity contribution in [3.05, 3.63) is 63.2 Å². The van der Waals surface area contributed by atoms with E-state index in [1.54, 1.807) is 12.1 Å². The number of aromatic nitrogens is 1. The Morgan fingerprint density at radius 2 is 2.12 bits per heavy atom. The zero-order valence-electron chi connectivity index (χ0n) is 14.4. The second-order valence-corrected chi connectivity index (χ2v) is 5.29. The van der Waals surface area contributed by atoms with Gasteiger partial charge in [-0.1, -0.05) is 19.6 Å². The molecule has 2 rings (SSSR count). The zero-order valence-corrected chi connectivity index (χ0v) is 14.4. The smallest absolute Gasteiger partial charge is 0.297 e. The van der Waals surface area contributed by atoms with Crippen LogP contribution in [0, 0.1) is 10.1 Å². The van der Waals surface area contributed by atoms with Crippen LogP contribution >= 0.6 is 0 Å². The number of fused-ring (bicyclic) bond motifs is 1. The van der Waals surface area contributed by atoms with Crippen molar-refractivity contribution >= 4 is 16.6 Å². The monoisotopic (exact) mass is 344 g/mol. The highest BCUT2D eigenvalue weighted by molar-refractivity contribution is 5.89. The molecule has 2 aromatic rings. The van der Waals surface area contributed by atoms with Crippen molar-refractivity contribution in [3.8, 4) is 11.5 Å². The third-order valence-electron chi connectivity index (χ3n) is 3.75. The Balaban J connectivity index is 2.82. The van der Waals surface area contributed by atoms with Gasteiger partial charge in [0, 0.05) is 31.0 Å². The highest BCUT2D eigenvalue weighted by Crippen LogP contribution is 2.35. The number of nitro groups is 1. The molecule has 132 valence electrons. The number of hydrogen-bond acceptors (Lipinski definition) is 5. The Bertz CT molecular complexity index is 912. The fraction of sp³-hybridized carbons (Fsp3) is 0.278. The third-order valence-corrected chi connectivity index (χ3v) is 3.75. The van der Waals surface area contributed by atoms with E-state index in [4.69, 9.17) is 9.47 Å². The van der Waals surface area contributed by atoms with E-state index in [-0.39, 0.29) is 23.8 Å². The summed E-state index contributed by atoms with van der Waals surface area (Å²) in [6.07, 6.45) is 3.95. The van der Waals surface area contributed by atoms with E-state index in [0.29, 0.717) is 23.1 Å². The van der Waals surface area contributed by atoms with Gasteiger partial charge in [0.2, 0.25) is 5.75 Å². The van der Waals surface area contributed by atoms with Crippen LogP contribution in [0.15, 0.2) is 47.5 Å². The minimum atomic E-state index is -0.504. The van der Waals surface area contributed by atoms with Crippen LogP contribution in [-0.4, -0.2) is 16.1 Å². The van der Waals surface area contributed by atoms with Crippen molar-refractivity contribution in [3.63, 3.8) is 0 Å². The molecule has 0 atom stereocenters. The first-order chi connectivity index (χ1) is 11.9. The van der Waals surface area contributed by atoms with Gasteiger partial charge in [0.05, 0.1) is 16.2 Å². The standard InChI is InChI=1S/C18H20N2O5/c1-5-10-24-17-16(25-13(6-2)7-3)14-9-8-12(20(22)23)11-15(14)19(4)18(17)21/h5-6,8-9,11H,1,7,10H2,2-4H3. The molecule has 0 aliphatic rings. The Morgan fingerprint density at radius 3 is 2.68 bits per heavy atom. The van der Waals surface area contributed by atoms with E-state index >= 15 is 0 Å². The summed E-state index contributed by atoms with van der Waals surface area (Å²) in [5.74, 6) is 0.970. The number of allylic oxidation sites excluding steroid dienone is 2. The lowest BCUT2D eigenvalue weighted by molar-refractivity contribution is -0.384. The molecule has 0 N–H and O–H groups in total. The van der Waals surface area contributed by atoms with Crippen molar-refractivity contribution in [1.82, 2.24) is 4.57 Å². The molecule has 7 heteroatoms. The van der Waals surface area contributed by atoms with Crippen LogP contribution in [0.3, 0.4) is 0 Å². The molecule has 0 radical (unpaired) electrons. The molecule has 0 fully saturated rings. The maximum absolute atomic E-state index is 12.7. The van der Waals surface area contributed by atoms with E-state index in [9.17, 15) is 14.9 Å². The van der Waals surface area contributed by atoms with Gasteiger partial charge in [-0.25, -0.2) is 0 Å². The molecule has 0 aliphatic heterocycles. The van der Waals surface area contributed by atoms with Crippen molar-refractivity contribution in [1.29, 1.82) is 0 Å². The number of rotatable bonds is 7. The Morgan fingerprint density at radius 1 is 1.40 bits per heavy atom. The fourth-order valence-corrected chi connectivity index (χ4v) is 2.42. The van der Waals surface area contributed by atoms with Crippen LogP contribution in [0.25, 0.3) is 10.9 Å². The average Bonchev–Trinajstić information content (AvgIpc) is 2.62. The number of benzene rings is 1. The van der Waals surface area contributed by atoms with Crippen molar-refractivity contribution in [2.24, 2.45) is 7.05 Å². The number of ether oxygens (including phenoxy) is 2. The van der Waals surface area contributed by atoms with Gasteiger partial charge in [-0.2, -0.15) is 0 Å². The molecule has 0 spiro atoms. The molecular weight excluding hydrogens is 324 g/mol. The van der Waals surface area contributed by atoms with E-state index in [1.165, 1.54) is 29.8 Å². The molecule has 1 heterocycles. The third kappa shape index (κ3) is 3.55. The van der Waals surface area contributed by atoms with Gasteiger partial charge >= 0.3 is 0 Å². The van der Waals surface area contributed by atoms with Crippen molar-refractivity contribution < 1.29 is 14.4 Å². The SMILES string of the molecule is C=CCOc1c(OC(=CC)CC)c2ccc([N+](=O)[O-])cc2n(C)c1=O. The summed E-state index contributed by atoms with van der Waals surface area (Å²) >= 11 is 0. The first-order valence-corrected chi connectivity index (χ1v) is 7.82. The topological polar surface area (TPSA) is 83.6 Å².